The molecule has 114 valence electrons. The Kier molecular flexibility index (Phi) is 4.88. The molecule has 2 aromatic rings. The summed E-state index contributed by atoms with van der Waals surface area (Å²) >= 11 is 3.09. The first-order valence-corrected chi connectivity index (χ1v) is 8.91. The number of thiazole rings is 1. The summed E-state index contributed by atoms with van der Waals surface area (Å²) in [5.41, 5.74) is 0.412. The van der Waals surface area contributed by atoms with E-state index in [0.717, 1.165) is 22.5 Å². The fourth-order valence-corrected chi connectivity index (χ4v) is 3.23. The van der Waals surface area contributed by atoms with Crippen molar-refractivity contribution in [3.8, 4) is 0 Å². The quantitative estimate of drug-likeness (QED) is 0.862. The van der Waals surface area contributed by atoms with E-state index in [2.05, 4.69) is 4.99 Å². The second-order valence-electron chi connectivity index (χ2n) is 5.81. The predicted octanol–water partition coefficient (Wildman–Crippen LogP) is 3.68. The molecule has 0 atom stereocenters. The van der Waals surface area contributed by atoms with E-state index in [0.29, 0.717) is 4.80 Å². The first-order valence-electron chi connectivity index (χ1n) is 6.70. The van der Waals surface area contributed by atoms with Crippen LogP contribution in [0.25, 0.3) is 10.2 Å². The van der Waals surface area contributed by atoms with E-state index in [1.165, 1.54) is 23.5 Å². The van der Waals surface area contributed by atoms with Gasteiger partial charge in [-0.15, -0.1) is 0 Å². The van der Waals surface area contributed by atoms with Gasteiger partial charge < -0.3 is 4.57 Å². The van der Waals surface area contributed by atoms with Crippen LogP contribution in [0.15, 0.2) is 23.2 Å². The minimum Gasteiger partial charge on any atom is -0.316 e. The summed E-state index contributed by atoms with van der Waals surface area (Å²) in [5, 5.41) is 0. The molecule has 0 aliphatic rings. The zero-order valence-corrected chi connectivity index (χ0v) is 14.3. The molecule has 2 rings (SSSR count). The number of aryl methyl sites for hydroxylation is 1. The molecule has 1 aromatic carbocycles. The van der Waals surface area contributed by atoms with Crippen LogP contribution < -0.4 is 4.80 Å². The Hall–Kier alpha value is -1.14. The Bertz CT molecular complexity index is 725. The van der Waals surface area contributed by atoms with Gasteiger partial charge in [-0.3, -0.25) is 4.79 Å². The molecular formula is C15H19FN2OS2. The van der Waals surface area contributed by atoms with Crippen LogP contribution in [-0.2, 0) is 11.3 Å². The first kappa shape index (κ1) is 16.2. The Balaban J connectivity index is 2.61. The summed E-state index contributed by atoms with van der Waals surface area (Å²) in [6.07, 6.45) is 2.03. The van der Waals surface area contributed by atoms with Crippen molar-refractivity contribution in [3.63, 3.8) is 0 Å². The van der Waals surface area contributed by atoms with Crippen molar-refractivity contribution < 1.29 is 9.18 Å². The van der Waals surface area contributed by atoms with Gasteiger partial charge in [0.25, 0.3) is 5.91 Å². The molecule has 0 saturated carbocycles. The Morgan fingerprint density at radius 2 is 2.14 bits per heavy atom. The number of hydrogen-bond donors (Lipinski definition) is 0. The summed E-state index contributed by atoms with van der Waals surface area (Å²) in [5.74, 6) is 0.488. The maximum Gasteiger partial charge on any atom is 0.253 e. The third kappa shape index (κ3) is 3.74. The highest BCUT2D eigenvalue weighted by molar-refractivity contribution is 7.98. The minimum absolute atomic E-state index is 0.160. The zero-order valence-electron chi connectivity index (χ0n) is 12.6. The van der Waals surface area contributed by atoms with Crippen LogP contribution in [0.3, 0.4) is 0 Å². The number of halogens is 1. The van der Waals surface area contributed by atoms with Gasteiger partial charge in [-0.2, -0.15) is 16.8 Å². The number of carbonyl (C=O) groups is 1. The van der Waals surface area contributed by atoms with Crippen LogP contribution in [0.4, 0.5) is 4.39 Å². The number of benzene rings is 1. The SMILES string of the molecule is CSCCn1c(=NC(=O)C(C)(C)C)sc2cc(F)ccc21. The molecule has 6 heteroatoms. The van der Waals surface area contributed by atoms with Crippen molar-refractivity contribution in [2.45, 2.75) is 27.3 Å². The average Bonchev–Trinajstić information content (AvgIpc) is 2.71. The van der Waals surface area contributed by atoms with E-state index < -0.39 is 5.41 Å². The van der Waals surface area contributed by atoms with E-state index in [1.54, 1.807) is 17.8 Å². The summed E-state index contributed by atoms with van der Waals surface area (Å²) in [7, 11) is 0. The van der Waals surface area contributed by atoms with Crippen molar-refractivity contribution in [2.75, 3.05) is 12.0 Å². The van der Waals surface area contributed by atoms with Gasteiger partial charge in [-0.05, 0) is 24.5 Å². The standard InChI is InChI=1S/C15H19FN2OS2/c1-15(2,3)13(19)17-14-18(7-8-20-4)11-6-5-10(16)9-12(11)21-14/h5-6,9H,7-8H2,1-4H3. The fraction of sp³-hybridized carbons (Fsp3) is 0.467. The molecule has 0 N–H and O–H groups in total. The lowest BCUT2D eigenvalue weighted by Gasteiger charge is -2.12. The lowest BCUT2D eigenvalue weighted by Crippen LogP contribution is -2.24. The molecule has 1 aromatic heterocycles. The van der Waals surface area contributed by atoms with Crippen molar-refractivity contribution in [1.29, 1.82) is 0 Å². The molecule has 0 aliphatic heterocycles. The summed E-state index contributed by atoms with van der Waals surface area (Å²) < 4.78 is 16.2. The van der Waals surface area contributed by atoms with Crippen LogP contribution in [0, 0.1) is 11.2 Å². The molecule has 0 spiro atoms. The van der Waals surface area contributed by atoms with Crippen LogP contribution in [-0.4, -0.2) is 22.5 Å². The third-order valence-corrected chi connectivity index (χ3v) is 4.63. The number of fused-ring (bicyclic) bond motifs is 1. The van der Waals surface area contributed by atoms with E-state index >= 15 is 0 Å². The van der Waals surface area contributed by atoms with Crippen LogP contribution in [0.5, 0.6) is 0 Å². The number of aromatic nitrogens is 1. The average molecular weight is 326 g/mol. The van der Waals surface area contributed by atoms with E-state index in [1.807, 2.05) is 31.6 Å². The van der Waals surface area contributed by atoms with Crippen molar-refractivity contribution in [1.82, 2.24) is 4.57 Å². The summed E-state index contributed by atoms with van der Waals surface area (Å²) in [6.45, 7) is 6.29. The van der Waals surface area contributed by atoms with Crippen LogP contribution in [0.1, 0.15) is 20.8 Å². The van der Waals surface area contributed by atoms with Gasteiger partial charge in [0.1, 0.15) is 5.82 Å². The molecule has 0 radical (unpaired) electrons. The van der Waals surface area contributed by atoms with Gasteiger partial charge in [-0.25, -0.2) is 4.39 Å². The molecule has 3 nitrogen and oxygen atoms in total. The number of thioether (sulfide) groups is 1. The molecule has 0 aliphatic carbocycles. The highest BCUT2D eigenvalue weighted by Gasteiger charge is 2.21. The first-order chi connectivity index (χ1) is 9.82. The minimum atomic E-state index is -0.515. The zero-order chi connectivity index (χ0) is 15.6. The number of hydrogen-bond acceptors (Lipinski definition) is 3. The summed E-state index contributed by atoms with van der Waals surface area (Å²) in [6, 6.07) is 4.69. The molecule has 0 bridgehead atoms. The third-order valence-electron chi connectivity index (χ3n) is 3.00. The summed E-state index contributed by atoms with van der Waals surface area (Å²) in [4.78, 5) is 17.1. The van der Waals surface area contributed by atoms with Gasteiger partial charge in [0, 0.05) is 17.7 Å². The number of amides is 1. The monoisotopic (exact) mass is 326 g/mol. The molecule has 0 saturated heterocycles. The van der Waals surface area contributed by atoms with Gasteiger partial charge in [0.15, 0.2) is 4.80 Å². The van der Waals surface area contributed by atoms with Gasteiger partial charge in [-0.1, -0.05) is 32.1 Å². The second kappa shape index (κ2) is 6.32. The number of carbonyl (C=O) groups excluding carboxylic acids is 1. The second-order valence-corrected chi connectivity index (χ2v) is 7.80. The van der Waals surface area contributed by atoms with Crippen molar-refractivity contribution in [2.24, 2.45) is 10.4 Å². The highest BCUT2D eigenvalue weighted by Crippen LogP contribution is 2.20. The molecule has 21 heavy (non-hydrogen) atoms. The fourth-order valence-electron chi connectivity index (χ4n) is 1.79. The van der Waals surface area contributed by atoms with Gasteiger partial charge in [0.05, 0.1) is 10.2 Å². The number of rotatable bonds is 3. The Morgan fingerprint density at radius 3 is 2.76 bits per heavy atom. The van der Waals surface area contributed by atoms with Crippen LogP contribution >= 0.6 is 23.1 Å². The van der Waals surface area contributed by atoms with E-state index in [9.17, 15) is 9.18 Å². The Labute approximate surface area is 131 Å². The largest absolute Gasteiger partial charge is 0.316 e. The van der Waals surface area contributed by atoms with Crippen LogP contribution in [0.2, 0.25) is 0 Å². The topological polar surface area (TPSA) is 34.4 Å². The molecule has 0 unspecified atom stereocenters. The lowest BCUT2D eigenvalue weighted by atomic mass is 9.96. The Morgan fingerprint density at radius 1 is 1.43 bits per heavy atom. The highest BCUT2D eigenvalue weighted by atomic mass is 32.2. The van der Waals surface area contributed by atoms with Crippen molar-refractivity contribution in [3.05, 3.63) is 28.8 Å². The molecular weight excluding hydrogens is 307 g/mol. The van der Waals surface area contributed by atoms with E-state index in [-0.39, 0.29) is 11.7 Å². The van der Waals surface area contributed by atoms with Gasteiger partial charge >= 0.3 is 0 Å². The van der Waals surface area contributed by atoms with E-state index in [4.69, 9.17) is 0 Å². The molecule has 0 fully saturated rings. The van der Waals surface area contributed by atoms with Crippen molar-refractivity contribution >= 4 is 39.2 Å². The number of nitrogens with zero attached hydrogens (tertiary/aromatic N) is 2. The maximum atomic E-state index is 13.4. The van der Waals surface area contributed by atoms with Gasteiger partial charge in [0.2, 0.25) is 0 Å². The lowest BCUT2D eigenvalue weighted by molar-refractivity contribution is -0.125. The predicted molar refractivity (Wildman–Crippen MR) is 88.2 cm³/mol. The maximum absolute atomic E-state index is 13.4. The smallest absolute Gasteiger partial charge is 0.253 e. The molecule has 1 heterocycles. The molecule has 1 amide bonds. The normalized spacial score (nSPS) is 13.1.